The van der Waals surface area contributed by atoms with Crippen LogP contribution in [-0.2, 0) is 6.42 Å². The minimum atomic E-state index is -0.333. The first kappa shape index (κ1) is 20.4. The predicted octanol–water partition coefficient (Wildman–Crippen LogP) is 3.30. The summed E-state index contributed by atoms with van der Waals surface area (Å²) in [5, 5.41) is 9.42. The first-order valence-electron chi connectivity index (χ1n) is 8.69. The van der Waals surface area contributed by atoms with Gasteiger partial charge in [0.1, 0.15) is 5.82 Å². The molecule has 2 heterocycles. The van der Waals surface area contributed by atoms with Gasteiger partial charge < -0.3 is 5.32 Å². The van der Waals surface area contributed by atoms with Crippen LogP contribution >= 0.6 is 23.1 Å². The largest absolute Gasteiger partial charge is 0.348 e. The van der Waals surface area contributed by atoms with Crippen LogP contribution in [0.3, 0.4) is 0 Å². The third-order valence-electron chi connectivity index (χ3n) is 3.72. The number of rotatable bonds is 7. The molecule has 0 aliphatic rings. The van der Waals surface area contributed by atoms with Gasteiger partial charge in [-0.15, -0.1) is 16.4 Å². The summed E-state index contributed by atoms with van der Waals surface area (Å²) in [6.45, 7) is 4.33. The number of aromatic nitrogens is 4. The second kappa shape index (κ2) is 8.76. The molecule has 1 amide bonds. The zero-order valence-electron chi connectivity index (χ0n) is 15.7. The van der Waals surface area contributed by atoms with Gasteiger partial charge in [-0.05, 0) is 49.9 Å². The standard InChI is InChI=1S/C18H20ClFN6OS/c1-11(2)21-17(27)18-23-15(10-28-18)26-16(12-4-6-13(20)7-5-12)22-14(24-26)8-9-25(3)19/h4-7,10-11H,8-9H2,1-3H3,(H,21,27). The number of likely N-dealkylation sites (N-methyl/N-ethyl adjacent to an activating group) is 1. The summed E-state index contributed by atoms with van der Waals surface area (Å²) in [7, 11) is 1.75. The molecule has 3 aromatic rings. The average Bonchev–Trinajstić information content (AvgIpc) is 3.27. The van der Waals surface area contributed by atoms with Crippen molar-refractivity contribution in [3.8, 4) is 17.2 Å². The minimum Gasteiger partial charge on any atom is -0.348 e. The Bertz CT molecular complexity index is 953. The first-order valence-corrected chi connectivity index (χ1v) is 9.91. The van der Waals surface area contributed by atoms with Crippen LogP contribution in [0.5, 0.6) is 0 Å². The first-order chi connectivity index (χ1) is 13.3. The second-order valence-electron chi connectivity index (χ2n) is 6.49. The Kier molecular flexibility index (Phi) is 6.38. The van der Waals surface area contributed by atoms with E-state index in [9.17, 15) is 9.18 Å². The van der Waals surface area contributed by atoms with E-state index in [2.05, 4.69) is 20.4 Å². The fraction of sp³-hybridized carbons (Fsp3) is 0.333. The molecule has 0 spiro atoms. The van der Waals surface area contributed by atoms with Crippen molar-refractivity contribution >= 4 is 29.0 Å². The van der Waals surface area contributed by atoms with Crippen LogP contribution < -0.4 is 5.32 Å². The lowest BCUT2D eigenvalue weighted by molar-refractivity contribution is 0.0942. The molecule has 0 radical (unpaired) electrons. The van der Waals surface area contributed by atoms with Crippen LogP contribution in [0.4, 0.5) is 4.39 Å². The highest BCUT2D eigenvalue weighted by molar-refractivity contribution is 7.11. The Morgan fingerprint density at radius 1 is 1.32 bits per heavy atom. The number of carbonyl (C=O) groups is 1. The van der Waals surface area contributed by atoms with Crippen molar-refractivity contribution in [3.05, 3.63) is 46.3 Å². The molecule has 0 aliphatic heterocycles. The fourth-order valence-corrected chi connectivity index (χ4v) is 3.22. The molecular weight excluding hydrogens is 403 g/mol. The zero-order chi connectivity index (χ0) is 20.3. The van der Waals surface area contributed by atoms with Gasteiger partial charge in [0, 0.05) is 37.0 Å². The Morgan fingerprint density at radius 2 is 2.04 bits per heavy atom. The van der Waals surface area contributed by atoms with Gasteiger partial charge in [0.15, 0.2) is 22.5 Å². The maximum atomic E-state index is 13.3. The van der Waals surface area contributed by atoms with Crippen molar-refractivity contribution in [2.24, 2.45) is 0 Å². The molecular formula is C18H20ClFN6OS. The number of nitrogens with zero attached hydrogens (tertiary/aromatic N) is 5. The number of carbonyl (C=O) groups excluding carboxylic acids is 1. The number of hydrogen-bond donors (Lipinski definition) is 1. The van der Waals surface area contributed by atoms with Gasteiger partial charge >= 0.3 is 0 Å². The molecule has 0 saturated heterocycles. The van der Waals surface area contributed by atoms with E-state index >= 15 is 0 Å². The normalized spacial score (nSPS) is 11.4. The number of thiazole rings is 1. The van der Waals surface area contributed by atoms with Gasteiger partial charge in [0.25, 0.3) is 5.91 Å². The maximum Gasteiger partial charge on any atom is 0.280 e. The monoisotopic (exact) mass is 422 g/mol. The third-order valence-corrected chi connectivity index (χ3v) is 4.72. The lowest BCUT2D eigenvalue weighted by Gasteiger charge is -2.05. The Morgan fingerprint density at radius 3 is 2.68 bits per heavy atom. The van der Waals surface area contributed by atoms with E-state index in [1.165, 1.54) is 27.9 Å². The van der Waals surface area contributed by atoms with Crippen molar-refractivity contribution in [1.29, 1.82) is 0 Å². The average molecular weight is 423 g/mol. The van der Waals surface area contributed by atoms with Gasteiger partial charge in [-0.25, -0.2) is 18.8 Å². The number of benzene rings is 1. The van der Waals surface area contributed by atoms with E-state index in [1.54, 1.807) is 29.2 Å². The molecule has 148 valence electrons. The van der Waals surface area contributed by atoms with Crippen molar-refractivity contribution in [2.75, 3.05) is 13.6 Å². The third kappa shape index (κ3) is 4.92. The molecule has 0 atom stereocenters. The van der Waals surface area contributed by atoms with E-state index < -0.39 is 0 Å². The van der Waals surface area contributed by atoms with Gasteiger partial charge in [-0.1, -0.05) is 0 Å². The molecule has 0 saturated carbocycles. The van der Waals surface area contributed by atoms with E-state index in [1.807, 2.05) is 13.8 Å². The highest BCUT2D eigenvalue weighted by atomic mass is 35.5. The highest BCUT2D eigenvalue weighted by Crippen LogP contribution is 2.23. The quantitative estimate of drug-likeness (QED) is 0.591. The molecule has 7 nitrogen and oxygen atoms in total. The van der Waals surface area contributed by atoms with Crippen LogP contribution in [0.2, 0.25) is 0 Å². The maximum absolute atomic E-state index is 13.3. The number of amides is 1. The summed E-state index contributed by atoms with van der Waals surface area (Å²) in [6, 6.07) is 6.00. The van der Waals surface area contributed by atoms with Crippen molar-refractivity contribution < 1.29 is 9.18 Å². The fourth-order valence-electron chi connectivity index (χ4n) is 2.45. The van der Waals surface area contributed by atoms with Crippen LogP contribution in [0.25, 0.3) is 17.2 Å². The smallest absolute Gasteiger partial charge is 0.280 e. The molecule has 0 unspecified atom stereocenters. The van der Waals surface area contributed by atoms with Crippen molar-refractivity contribution in [1.82, 2.24) is 29.5 Å². The lowest BCUT2D eigenvalue weighted by Crippen LogP contribution is -2.30. The van der Waals surface area contributed by atoms with E-state index in [0.29, 0.717) is 41.0 Å². The topological polar surface area (TPSA) is 75.9 Å². The van der Waals surface area contributed by atoms with Gasteiger partial charge in [-0.3, -0.25) is 4.79 Å². The Balaban J connectivity index is 1.97. The summed E-state index contributed by atoms with van der Waals surface area (Å²) in [4.78, 5) is 21.2. The van der Waals surface area contributed by atoms with Crippen LogP contribution in [-0.4, -0.2) is 49.7 Å². The van der Waals surface area contributed by atoms with Crippen molar-refractivity contribution in [2.45, 2.75) is 26.3 Å². The highest BCUT2D eigenvalue weighted by Gasteiger charge is 2.18. The molecule has 0 bridgehead atoms. The van der Waals surface area contributed by atoms with E-state index in [-0.39, 0.29) is 17.8 Å². The van der Waals surface area contributed by atoms with Crippen LogP contribution in [0.15, 0.2) is 29.6 Å². The number of hydrogen-bond acceptors (Lipinski definition) is 6. The summed E-state index contributed by atoms with van der Waals surface area (Å²) in [5.74, 6) is 1.01. The Hall–Kier alpha value is -2.36. The molecule has 0 aliphatic carbocycles. The molecule has 1 aromatic carbocycles. The number of nitrogens with one attached hydrogen (secondary N) is 1. The Labute approximate surface area is 171 Å². The molecule has 28 heavy (non-hydrogen) atoms. The zero-order valence-corrected chi connectivity index (χ0v) is 17.3. The SMILES string of the molecule is CC(C)NC(=O)c1nc(-n2nc(CCN(C)Cl)nc2-c2ccc(F)cc2)cs1. The second-order valence-corrected chi connectivity index (χ2v) is 7.92. The number of halogens is 2. The van der Waals surface area contributed by atoms with Crippen molar-refractivity contribution in [3.63, 3.8) is 0 Å². The van der Waals surface area contributed by atoms with E-state index in [4.69, 9.17) is 11.8 Å². The molecule has 0 fully saturated rings. The van der Waals surface area contributed by atoms with Crippen LogP contribution in [0.1, 0.15) is 29.5 Å². The molecule has 3 rings (SSSR count). The van der Waals surface area contributed by atoms with Crippen LogP contribution in [0, 0.1) is 5.82 Å². The molecule has 1 N–H and O–H groups in total. The van der Waals surface area contributed by atoms with Gasteiger partial charge in [0.2, 0.25) is 0 Å². The molecule has 10 heteroatoms. The predicted molar refractivity (Wildman–Crippen MR) is 107 cm³/mol. The molecule has 2 aromatic heterocycles. The summed E-state index contributed by atoms with van der Waals surface area (Å²) < 4.78 is 16.4. The summed E-state index contributed by atoms with van der Waals surface area (Å²) in [6.07, 6.45) is 0.534. The lowest BCUT2D eigenvalue weighted by atomic mass is 10.2. The van der Waals surface area contributed by atoms with Gasteiger partial charge in [-0.2, -0.15) is 4.68 Å². The van der Waals surface area contributed by atoms with Gasteiger partial charge in [0.05, 0.1) is 0 Å². The van der Waals surface area contributed by atoms with E-state index in [0.717, 1.165) is 0 Å². The minimum absolute atomic E-state index is 0.0140. The summed E-state index contributed by atoms with van der Waals surface area (Å²) >= 11 is 7.11. The summed E-state index contributed by atoms with van der Waals surface area (Å²) in [5.41, 5.74) is 0.695.